The van der Waals surface area contributed by atoms with E-state index in [1.165, 1.54) is 0 Å². The zero-order chi connectivity index (χ0) is 16.0. The van der Waals surface area contributed by atoms with E-state index in [0.717, 1.165) is 26.2 Å². The van der Waals surface area contributed by atoms with Gasteiger partial charge in [-0.15, -0.1) is 25.3 Å². The molecule has 21 heavy (non-hydrogen) atoms. The van der Waals surface area contributed by atoms with Gasteiger partial charge in [-0.05, 0) is 13.8 Å². The molecule has 0 radical (unpaired) electrons. The summed E-state index contributed by atoms with van der Waals surface area (Å²) in [5.74, 6) is 0. The Hall–Kier alpha value is 0.360. The van der Waals surface area contributed by atoms with Crippen LogP contribution in [-0.2, 0) is 9.47 Å². The van der Waals surface area contributed by atoms with Crippen LogP contribution in [0.1, 0.15) is 13.8 Å². The minimum atomic E-state index is 0. The van der Waals surface area contributed by atoms with Crippen LogP contribution in [0.25, 0.3) is 0 Å². The number of thiol groups is 2. The number of ether oxygens (including phenoxy) is 2. The third-order valence-electron chi connectivity index (χ3n) is 2.44. The molecule has 0 bridgehead atoms. The highest BCUT2D eigenvalue weighted by Gasteiger charge is 2.01. The predicted molar refractivity (Wildman–Crippen MR) is 106 cm³/mol. The largest absolute Gasteiger partial charge is 0.383 e. The molecule has 0 fully saturated rings. The topological polar surface area (TPSA) is 59.9 Å². The molecule has 0 unspecified atom stereocenters. The van der Waals surface area contributed by atoms with E-state index in [1.807, 2.05) is 23.6 Å². The van der Waals surface area contributed by atoms with E-state index in [1.54, 1.807) is 14.2 Å². The van der Waals surface area contributed by atoms with Crippen molar-refractivity contribution in [1.82, 2.24) is 16.0 Å². The molecule has 0 aliphatic rings. The molecule has 0 saturated carbocycles. The van der Waals surface area contributed by atoms with Gasteiger partial charge in [0.05, 0.1) is 13.2 Å². The van der Waals surface area contributed by atoms with Gasteiger partial charge in [-0.3, -0.25) is 0 Å². The van der Waals surface area contributed by atoms with E-state index in [-0.39, 0.29) is 6.15 Å². The van der Waals surface area contributed by atoms with Crippen molar-refractivity contribution < 1.29 is 9.47 Å². The van der Waals surface area contributed by atoms with Crippen molar-refractivity contribution in [3.05, 3.63) is 0 Å². The molecule has 0 aromatic heterocycles. The average Bonchev–Trinajstić information content (AvgIpc) is 2.40. The maximum atomic E-state index is 4.89. The monoisotopic (exact) mass is 375 g/mol. The van der Waals surface area contributed by atoms with Gasteiger partial charge in [-0.25, -0.2) is 0 Å². The van der Waals surface area contributed by atoms with Crippen LogP contribution >= 0.6 is 49.7 Å². The number of likely N-dealkylation sites (N-methyl/N-ethyl adjacent to an activating group) is 2. The van der Waals surface area contributed by atoms with Crippen LogP contribution < -0.4 is 6.15 Å². The first kappa shape index (κ1) is 26.3. The lowest BCUT2D eigenvalue weighted by Crippen LogP contribution is -2.29. The quantitative estimate of drug-likeness (QED) is 0.445. The van der Waals surface area contributed by atoms with Crippen molar-refractivity contribution >= 4 is 58.3 Å². The van der Waals surface area contributed by atoms with E-state index in [4.69, 9.17) is 33.9 Å². The Labute approximate surface area is 151 Å². The molecular formula is C12H29N3O2S4. The van der Waals surface area contributed by atoms with Crippen molar-refractivity contribution in [1.29, 1.82) is 0 Å². The highest BCUT2D eigenvalue weighted by atomic mass is 32.1. The van der Waals surface area contributed by atoms with Crippen LogP contribution in [0.5, 0.6) is 0 Å². The van der Waals surface area contributed by atoms with E-state index in [0.29, 0.717) is 21.9 Å². The van der Waals surface area contributed by atoms with Gasteiger partial charge in [0.25, 0.3) is 0 Å². The first-order chi connectivity index (χ1) is 9.44. The van der Waals surface area contributed by atoms with Crippen LogP contribution in [0.3, 0.4) is 0 Å². The summed E-state index contributed by atoms with van der Waals surface area (Å²) in [5.41, 5.74) is 0. The zero-order valence-electron chi connectivity index (χ0n) is 13.4. The number of hydrogen-bond acceptors (Lipinski definition) is 5. The Morgan fingerprint density at radius 2 is 1.14 bits per heavy atom. The first-order valence-corrected chi connectivity index (χ1v) is 8.09. The summed E-state index contributed by atoms with van der Waals surface area (Å²) in [4.78, 5) is 3.95. The molecule has 0 rings (SSSR count). The lowest BCUT2D eigenvalue weighted by molar-refractivity contribution is 0.179. The maximum absolute atomic E-state index is 4.89. The first-order valence-electron chi connectivity index (χ1n) is 6.38. The third kappa shape index (κ3) is 16.6. The van der Waals surface area contributed by atoms with Gasteiger partial charge in [-0.1, -0.05) is 24.4 Å². The van der Waals surface area contributed by atoms with Crippen molar-refractivity contribution in [3.63, 3.8) is 0 Å². The zero-order valence-corrected chi connectivity index (χ0v) is 16.8. The second kappa shape index (κ2) is 18.4. The van der Waals surface area contributed by atoms with Gasteiger partial charge < -0.3 is 25.4 Å². The van der Waals surface area contributed by atoms with Gasteiger partial charge in [0.1, 0.15) is 8.64 Å². The molecule has 0 aromatic carbocycles. The molecule has 0 aliphatic carbocycles. The Kier molecular flexibility index (Phi) is 23.0. The molecule has 0 aromatic rings. The van der Waals surface area contributed by atoms with E-state index >= 15 is 0 Å². The summed E-state index contributed by atoms with van der Waals surface area (Å²) < 4.78 is 11.1. The number of nitrogens with zero attached hydrogens (tertiary/aromatic N) is 2. The summed E-state index contributed by atoms with van der Waals surface area (Å²) >= 11 is 17.8. The lowest BCUT2D eigenvalue weighted by atomic mass is 10.5. The SMILES string of the molecule is CCN(CCOC)C(=S)S.CCN(CCOC)C(=S)S.N. The number of thiocarbonyl (C=S) groups is 2. The highest BCUT2D eigenvalue weighted by molar-refractivity contribution is 8.11. The number of hydrogen-bond donors (Lipinski definition) is 3. The summed E-state index contributed by atoms with van der Waals surface area (Å²) in [5, 5.41) is 0. The van der Waals surface area contributed by atoms with Crippen molar-refractivity contribution in [3.8, 4) is 0 Å². The van der Waals surface area contributed by atoms with Crippen LogP contribution in [0.4, 0.5) is 0 Å². The fraction of sp³-hybridized carbons (Fsp3) is 0.833. The average molecular weight is 376 g/mol. The van der Waals surface area contributed by atoms with Crippen LogP contribution in [0.15, 0.2) is 0 Å². The molecule has 128 valence electrons. The van der Waals surface area contributed by atoms with Gasteiger partial charge in [0, 0.05) is 40.4 Å². The Bertz CT molecular complexity index is 245. The molecular weight excluding hydrogens is 346 g/mol. The minimum absolute atomic E-state index is 0. The van der Waals surface area contributed by atoms with Gasteiger partial charge in [0.15, 0.2) is 0 Å². The minimum Gasteiger partial charge on any atom is -0.383 e. The molecule has 5 nitrogen and oxygen atoms in total. The van der Waals surface area contributed by atoms with Crippen molar-refractivity contribution in [2.45, 2.75) is 13.8 Å². The molecule has 0 heterocycles. The summed E-state index contributed by atoms with van der Waals surface area (Å²) in [6.45, 7) is 8.93. The maximum Gasteiger partial charge on any atom is 0.133 e. The van der Waals surface area contributed by atoms with E-state index in [9.17, 15) is 0 Å². The van der Waals surface area contributed by atoms with Crippen LogP contribution in [0.2, 0.25) is 0 Å². The Morgan fingerprint density at radius 1 is 0.857 bits per heavy atom. The third-order valence-corrected chi connectivity index (χ3v) is 3.52. The Morgan fingerprint density at radius 3 is 1.29 bits per heavy atom. The van der Waals surface area contributed by atoms with Crippen molar-refractivity contribution in [2.75, 3.05) is 53.6 Å². The molecule has 0 spiro atoms. The molecule has 9 heteroatoms. The highest BCUT2D eigenvalue weighted by Crippen LogP contribution is 1.95. The molecule has 0 amide bonds. The number of rotatable bonds is 8. The van der Waals surface area contributed by atoms with Crippen LogP contribution in [-0.4, -0.2) is 72.1 Å². The smallest absolute Gasteiger partial charge is 0.133 e. The van der Waals surface area contributed by atoms with Gasteiger partial charge in [0.2, 0.25) is 0 Å². The fourth-order valence-corrected chi connectivity index (χ4v) is 2.10. The second-order valence-corrected chi connectivity index (χ2v) is 5.94. The van der Waals surface area contributed by atoms with E-state index in [2.05, 4.69) is 25.3 Å². The summed E-state index contributed by atoms with van der Waals surface area (Å²) in [7, 11) is 3.35. The second-order valence-electron chi connectivity index (χ2n) is 3.71. The summed E-state index contributed by atoms with van der Waals surface area (Å²) in [6, 6.07) is 0. The van der Waals surface area contributed by atoms with Crippen molar-refractivity contribution in [2.24, 2.45) is 0 Å². The lowest BCUT2D eigenvalue weighted by Gasteiger charge is -2.19. The normalized spacial score (nSPS) is 9.05. The molecule has 0 saturated heterocycles. The fourth-order valence-electron chi connectivity index (χ4n) is 1.18. The van der Waals surface area contributed by atoms with Gasteiger partial charge >= 0.3 is 0 Å². The predicted octanol–water partition coefficient (Wildman–Crippen LogP) is 2.50. The summed E-state index contributed by atoms with van der Waals surface area (Å²) in [6.07, 6.45) is 0. The molecule has 0 aliphatic heterocycles. The van der Waals surface area contributed by atoms with Crippen LogP contribution in [0, 0.1) is 0 Å². The molecule has 3 N–H and O–H groups in total. The Balaban J connectivity index is -0.000000295. The standard InChI is InChI=1S/2C6H13NOS2.H3N/c2*1-3-7(6(9)10)4-5-8-2;/h2*3-5H2,1-2H3,(H,9,10);1H3. The molecule has 0 atom stereocenters. The van der Waals surface area contributed by atoms with E-state index < -0.39 is 0 Å². The van der Waals surface area contributed by atoms with Gasteiger partial charge in [-0.2, -0.15) is 0 Å². The number of methoxy groups -OCH3 is 2.